The van der Waals surface area contributed by atoms with Crippen molar-refractivity contribution >= 4 is 52.5 Å². The van der Waals surface area contributed by atoms with E-state index in [0.717, 1.165) is 10.6 Å². The molecule has 0 aliphatic carbocycles. The average molecular weight is 620 g/mol. The van der Waals surface area contributed by atoms with E-state index >= 15 is 8.78 Å². The van der Waals surface area contributed by atoms with Crippen LogP contribution in [0.25, 0.3) is 0 Å². The van der Waals surface area contributed by atoms with Crippen molar-refractivity contribution < 1.29 is 28.0 Å². The summed E-state index contributed by atoms with van der Waals surface area (Å²) in [6.45, 7) is 1.51. The molecule has 2 unspecified atom stereocenters. The van der Waals surface area contributed by atoms with Crippen LogP contribution in [0.5, 0.6) is 0 Å². The van der Waals surface area contributed by atoms with Crippen LogP contribution in [-0.2, 0) is 16.1 Å². The van der Waals surface area contributed by atoms with Crippen LogP contribution < -0.4 is 10.2 Å². The number of anilines is 1. The monoisotopic (exact) mass is 619 g/mol. The molecule has 6 rings (SSSR count). The molecule has 0 saturated carbocycles. The summed E-state index contributed by atoms with van der Waals surface area (Å²) in [5.74, 6) is -5.01. The highest BCUT2D eigenvalue weighted by Crippen LogP contribution is 2.36. The molecule has 0 spiro atoms. The number of piperazine rings is 1. The Hall–Kier alpha value is -3.28. The molecule has 3 saturated heterocycles. The van der Waals surface area contributed by atoms with Gasteiger partial charge in [0, 0.05) is 56.8 Å². The zero-order valence-electron chi connectivity index (χ0n) is 22.6. The van der Waals surface area contributed by atoms with Crippen LogP contribution in [0.15, 0.2) is 36.4 Å². The van der Waals surface area contributed by atoms with Gasteiger partial charge in [0.1, 0.15) is 6.04 Å². The summed E-state index contributed by atoms with van der Waals surface area (Å²) in [6, 6.07) is 8.19. The van der Waals surface area contributed by atoms with Crippen molar-refractivity contribution in [1.82, 2.24) is 20.0 Å². The minimum Gasteiger partial charge on any atom is -0.368 e. The molecule has 3 fully saturated rings. The van der Waals surface area contributed by atoms with Gasteiger partial charge in [-0.1, -0.05) is 35.3 Å². The van der Waals surface area contributed by atoms with E-state index in [2.05, 4.69) is 5.32 Å². The van der Waals surface area contributed by atoms with Crippen LogP contribution in [0.2, 0.25) is 10.0 Å². The number of carbonyl (C=O) groups is 4. The highest BCUT2D eigenvalue weighted by Gasteiger charge is 2.49. The maximum atomic E-state index is 15.5. The maximum absolute atomic E-state index is 15.5. The summed E-state index contributed by atoms with van der Waals surface area (Å²) in [7, 11) is 0. The van der Waals surface area contributed by atoms with Gasteiger partial charge in [0.25, 0.3) is 17.7 Å². The van der Waals surface area contributed by atoms with Crippen molar-refractivity contribution in [3.05, 3.63) is 63.1 Å². The smallest absolute Gasteiger partial charge is 0.280 e. The van der Waals surface area contributed by atoms with Gasteiger partial charge in [-0.25, -0.2) is 8.78 Å². The van der Waals surface area contributed by atoms with Crippen molar-refractivity contribution in [3.8, 4) is 0 Å². The number of benzene rings is 2. The quantitative estimate of drug-likeness (QED) is 0.527. The number of hydrogen-bond donors (Lipinski definition) is 1. The first-order chi connectivity index (χ1) is 20.0. The molecule has 4 aliphatic rings. The Labute approximate surface area is 251 Å². The minimum atomic E-state index is -3.13. The van der Waals surface area contributed by atoms with Crippen LogP contribution >= 0.6 is 23.2 Å². The Morgan fingerprint density at radius 1 is 0.976 bits per heavy atom. The number of rotatable bonds is 4. The number of imide groups is 1. The van der Waals surface area contributed by atoms with E-state index in [1.54, 1.807) is 17.0 Å². The Bertz CT molecular complexity index is 1470. The predicted molar refractivity (Wildman–Crippen MR) is 152 cm³/mol. The van der Waals surface area contributed by atoms with Gasteiger partial charge in [-0.2, -0.15) is 0 Å². The van der Waals surface area contributed by atoms with Crippen molar-refractivity contribution in [2.24, 2.45) is 0 Å². The van der Waals surface area contributed by atoms with Gasteiger partial charge in [0.2, 0.25) is 11.8 Å². The SMILES string of the molecule is O=C1CCC(N2Cc3ccc(C(=O)N4CCC(N5CCN(c6cccc(Cl)c6Cl)CC5)C(F)(F)C4)cc3C2=O)C(=O)N1. The second-order valence-electron chi connectivity index (χ2n) is 11.2. The lowest BCUT2D eigenvalue weighted by Gasteiger charge is -2.46. The molecule has 0 bridgehead atoms. The fourth-order valence-corrected chi connectivity index (χ4v) is 6.85. The van der Waals surface area contributed by atoms with E-state index < -0.39 is 42.3 Å². The van der Waals surface area contributed by atoms with Gasteiger partial charge in [-0.05, 0) is 42.7 Å². The third-order valence-corrected chi connectivity index (χ3v) is 9.46. The first-order valence-corrected chi connectivity index (χ1v) is 14.7. The average Bonchev–Trinajstić information content (AvgIpc) is 3.29. The molecule has 42 heavy (non-hydrogen) atoms. The van der Waals surface area contributed by atoms with Gasteiger partial charge in [-0.3, -0.25) is 29.4 Å². The van der Waals surface area contributed by atoms with E-state index in [-0.39, 0.29) is 49.4 Å². The van der Waals surface area contributed by atoms with Crippen LogP contribution in [0.4, 0.5) is 14.5 Å². The minimum absolute atomic E-state index is 0.115. The fourth-order valence-electron chi connectivity index (χ4n) is 6.43. The molecule has 2 aromatic carbocycles. The Morgan fingerprint density at radius 2 is 1.74 bits per heavy atom. The van der Waals surface area contributed by atoms with E-state index in [1.807, 2.05) is 17.0 Å². The molecule has 4 amide bonds. The van der Waals surface area contributed by atoms with Crippen molar-refractivity contribution in [2.45, 2.75) is 43.8 Å². The third-order valence-electron chi connectivity index (χ3n) is 8.65. The molecule has 2 aromatic rings. The highest BCUT2D eigenvalue weighted by molar-refractivity contribution is 6.43. The fraction of sp³-hybridized carbons (Fsp3) is 0.448. The number of amides is 4. The lowest BCUT2D eigenvalue weighted by molar-refractivity contribution is -0.136. The van der Waals surface area contributed by atoms with Crippen LogP contribution in [-0.4, -0.2) is 95.6 Å². The summed E-state index contributed by atoms with van der Waals surface area (Å²) in [4.78, 5) is 56.6. The Kier molecular flexibility index (Phi) is 7.61. The zero-order chi connectivity index (χ0) is 29.8. The summed E-state index contributed by atoms with van der Waals surface area (Å²) < 4.78 is 31.0. The van der Waals surface area contributed by atoms with Crippen molar-refractivity contribution in [3.63, 3.8) is 0 Å². The first-order valence-electron chi connectivity index (χ1n) is 13.9. The zero-order valence-corrected chi connectivity index (χ0v) is 24.1. The van der Waals surface area contributed by atoms with Crippen LogP contribution in [0.1, 0.15) is 45.5 Å². The topological polar surface area (TPSA) is 93.3 Å². The molecule has 222 valence electrons. The molecular formula is C29H29Cl2F2N5O4. The van der Waals surface area contributed by atoms with Gasteiger partial charge in [0.05, 0.1) is 28.3 Å². The number of alkyl halides is 2. The lowest BCUT2D eigenvalue weighted by Crippen LogP contribution is -2.62. The number of hydrogen-bond acceptors (Lipinski definition) is 6. The molecular weight excluding hydrogens is 591 g/mol. The van der Waals surface area contributed by atoms with Crippen molar-refractivity contribution in [1.29, 1.82) is 0 Å². The van der Waals surface area contributed by atoms with Crippen molar-refractivity contribution in [2.75, 3.05) is 44.2 Å². The maximum Gasteiger partial charge on any atom is 0.280 e. The molecule has 0 radical (unpaired) electrons. The van der Waals surface area contributed by atoms with E-state index in [9.17, 15) is 19.2 Å². The highest BCUT2D eigenvalue weighted by atomic mass is 35.5. The molecule has 4 aliphatic heterocycles. The molecule has 4 heterocycles. The predicted octanol–water partition coefficient (Wildman–Crippen LogP) is 3.43. The number of halogens is 4. The molecule has 13 heteroatoms. The number of nitrogens with zero attached hydrogens (tertiary/aromatic N) is 4. The van der Waals surface area contributed by atoms with Gasteiger partial charge < -0.3 is 14.7 Å². The van der Waals surface area contributed by atoms with Gasteiger partial charge in [0.15, 0.2) is 0 Å². The second-order valence-corrected chi connectivity index (χ2v) is 11.9. The number of fused-ring (bicyclic) bond motifs is 1. The molecule has 2 atom stereocenters. The Morgan fingerprint density at radius 3 is 2.45 bits per heavy atom. The number of piperidine rings is 2. The van der Waals surface area contributed by atoms with E-state index in [0.29, 0.717) is 41.8 Å². The number of nitrogens with one attached hydrogen (secondary N) is 1. The standard InChI is InChI=1S/C29H29Cl2F2N5O4/c30-20-2-1-3-21(25(20)31)35-10-12-36(13-11-35)23-8-9-37(16-29(23,32)33)27(41)17-4-5-18-15-38(28(42)19(18)14-17)22-6-7-24(39)34-26(22)40/h1-5,14,22-23H,6-13,15-16H2,(H,34,39,40). The largest absolute Gasteiger partial charge is 0.368 e. The summed E-state index contributed by atoms with van der Waals surface area (Å²) in [5.41, 5.74) is 1.84. The number of likely N-dealkylation sites (tertiary alicyclic amines) is 1. The summed E-state index contributed by atoms with van der Waals surface area (Å²) >= 11 is 12.5. The van der Waals surface area contributed by atoms with Crippen LogP contribution in [0, 0.1) is 0 Å². The van der Waals surface area contributed by atoms with Crippen LogP contribution in [0.3, 0.4) is 0 Å². The van der Waals surface area contributed by atoms with E-state index in [1.165, 1.54) is 17.0 Å². The molecule has 1 N–H and O–H groups in total. The molecule has 9 nitrogen and oxygen atoms in total. The second kappa shape index (κ2) is 11.1. The molecule has 0 aromatic heterocycles. The van der Waals surface area contributed by atoms with Gasteiger partial charge in [-0.15, -0.1) is 0 Å². The first kappa shape index (κ1) is 28.8. The normalized spacial score (nSPS) is 24.6. The number of carbonyl (C=O) groups excluding carboxylic acids is 4. The van der Waals surface area contributed by atoms with E-state index in [4.69, 9.17) is 23.2 Å². The summed E-state index contributed by atoms with van der Waals surface area (Å²) in [5, 5.41) is 3.15. The third kappa shape index (κ3) is 5.22. The lowest BCUT2D eigenvalue weighted by atomic mass is 9.96. The van der Waals surface area contributed by atoms with Gasteiger partial charge >= 0.3 is 0 Å². The summed E-state index contributed by atoms with van der Waals surface area (Å²) in [6.07, 6.45) is 0.476. The Balaban J connectivity index is 1.09.